The molecular weight excluding hydrogens is 330 g/mol. The van der Waals surface area contributed by atoms with E-state index in [2.05, 4.69) is 45.2 Å². The molecular formula is C18H25N7O. The van der Waals surface area contributed by atoms with E-state index >= 15 is 0 Å². The summed E-state index contributed by atoms with van der Waals surface area (Å²) in [6.07, 6.45) is 5.97. The number of hydrogen-bond donors (Lipinski definition) is 0. The van der Waals surface area contributed by atoms with E-state index < -0.39 is 0 Å². The van der Waals surface area contributed by atoms with Gasteiger partial charge in [-0.15, -0.1) is 5.10 Å². The van der Waals surface area contributed by atoms with Crippen LogP contribution in [-0.2, 0) is 18.3 Å². The predicted octanol–water partition coefficient (Wildman–Crippen LogP) is 1.76. The second kappa shape index (κ2) is 6.77. The Labute approximate surface area is 152 Å². The minimum atomic E-state index is 0.132. The number of nitrogens with zero attached hydrogens (tertiary/aromatic N) is 7. The molecule has 0 aliphatic carbocycles. The van der Waals surface area contributed by atoms with Crippen LogP contribution in [0.2, 0.25) is 0 Å². The van der Waals surface area contributed by atoms with Crippen molar-refractivity contribution < 1.29 is 4.74 Å². The largest absolute Gasteiger partial charge is 0.379 e. The molecule has 8 nitrogen and oxygen atoms in total. The molecule has 0 radical (unpaired) electrons. The lowest BCUT2D eigenvalue weighted by Gasteiger charge is -2.15. The fourth-order valence-corrected chi connectivity index (χ4v) is 3.75. The first kappa shape index (κ1) is 17.1. The minimum Gasteiger partial charge on any atom is -0.379 e. The van der Waals surface area contributed by atoms with Crippen LogP contribution in [0, 0.1) is 0 Å². The number of aromatic nitrogens is 6. The average molecular weight is 355 g/mol. The third-order valence-electron chi connectivity index (χ3n) is 5.03. The Kier molecular flexibility index (Phi) is 4.46. The second-order valence-electron chi connectivity index (χ2n) is 7.33. The Morgan fingerprint density at radius 3 is 2.81 bits per heavy atom. The molecule has 4 heterocycles. The fraction of sp³-hybridized carbons (Fsp3) is 0.556. The highest BCUT2D eigenvalue weighted by molar-refractivity contribution is 5.75. The van der Waals surface area contributed by atoms with Gasteiger partial charge in [0, 0.05) is 63.5 Å². The van der Waals surface area contributed by atoms with Crippen LogP contribution >= 0.6 is 0 Å². The van der Waals surface area contributed by atoms with Crippen LogP contribution in [0.3, 0.4) is 0 Å². The van der Waals surface area contributed by atoms with Crippen molar-refractivity contribution in [3.8, 4) is 0 Å². The average Bonchev–Trinajstić information content (AvgIpc) is 3.31. The van der Waals surface area contributed by atoms with E-state index in [4.69, 9.17) is 4.74 Å². The molecule has 1 fully saturated rings. The number of pyridine rings is 1. The summed E-state index contributed by atoms with van der Waals surface area (Å²) in [7, 11) is 3.66. The predicted molar refractivity (Wildman–Crippen MR) is 97.7 cm³/mol. The maximum absolute atomic E-state index is 5.71. The standard InChI is InChI=1S/C18H25N7O/c1-12(2)25-18-14(7-20-25)5-13(6-19-18)8-24-9-15(17(11-24)26-4)16-10-23(3)22-21-16/h5-7,10,12,15,17H,8-9,11H2,1-4H3/t15-,17+/m0/s1. The van der Waals surface area contributed by atoms with Gasteiger partial charge in [0.15, 0.2) is 5.65 Å². The van der Waals surface area contributed by atoms with Gasteiger partial charge in [0.25, 0.3) is 0 Å². The summed E-state index contributed by atoms with van der Waals surface area (Å²) in [5.74, 6) is 0.245. The van der Waals surface area contributed by atoms with Crippen molar-refractivity contribution in [3.05, 3.63) is 35.9 Å². The Bertz CT molecular complexity index is 900. The molecule has 2 atom stereocenters. The summed E-state index contributed by atoms with van der Waals surface area (Å²) in [5, 5.41) is 13.9. The molecule has 3 aromatic rings. The van der Waals surface area contributed by atoms with Gasteiger partial charge in [0.1, 0.15) is 0 Å². The van der Waals surface area contributed by atoms with E-state index in [0.29, 0.717) is 6.04 Å². The zero-order valence-corrected chi connectivity index (χ0v) is 15.7. The molecule has 0 aromatic carbocycles. The van der Waals surface area contributed by atoms with E-state index in [9.17, 15) is 0 Å². The molecule has 4 rings (SSSR count). The third kappa shape index (κ3) is 3.10. The monoisotopic (exact) mass is 355 g/mol. The van der Waals surface area contributed by atoms with Crippen molar-refractivity contribution in [2.75, 3.05) is 20.2 Å². The maximum atomic E-state index is 5.71. The van der Waals surface area contributed by atoms with Crippen molar-refractivity contribution >= 4 is 11.0 Å². The van der Waals surface area contributed by atoms with Crippen LogP contribution in [0.5, 0.6) is 0 Å². The number of rotatable bonds is 5. The first-order valence-electron chi connectivity index (χ1n) is 8.98. The number of fused-ring (bicyclic) bond motifs is 1. The topological polar surface area (TPSA) is 73.9 Å². The van der Waals surface area contributed by atoms with Crippen LogP contribution in [0.4, 0.5) is 0 Å². The molecule has 26 heavy (non-hydrogen) atoms. The van der Waals surface area contributed by atoms with E-state index in [1.165, 1.54) is 5.56 Å². The van der Waals surface area contributed by atoms with E-state index in [-0.39, 0.29) is 12.0 Å². The summed E-state index contributed by atoms with van der Waals surface area (Å²) >= 11 is 0. The van der Waals surface area contributed by atoms with Crippen molar-refractivity contribution in [2.45, 2.75) is 38.5 Å². The number of aryl methyl sites for hydroxylation is 1. The SMILES string of the molecule is CO[C@@H]1CN(Cc2cnc3c(cnn3C(C)C)c2)C[C@H]1c1cn(C)nn1. The fourth-order valence-electron chi connectivity index (χ4n) is 3.75. The smallest absolute Gasteiger partial charge is 0.157 e. The van der Waals surface area contributed by atoms with Gasteiger partial charge in [0.2, 0.25) is 0 Å². The van der Waals surface area contributed by atoms with Crippen LogP contribution in [0.15, 0.2) is 24.7 Å². The summed E-state index contributed by atoms with van der Waals surface area (Å²) in [6.45, 7) is 6.85. The Balaban J connectivity index is 1.51. The molecule has 138 valence electrons. The van der Waals surface area contributed by atoms with Crippen LogP contribution in [-0.4, -0.2) is 61.0 Å². The molecule has 0 unspecified atom stereocenters. The lowest BCUT2D eigenvalue weighted by Crippen LogP contribution is -2.22. The molecule has 0 spiro atoms. The molecule has 3 aromatic heterocycles. The first-order chi connectivity index (χ1) is 12.5. The highest BCUT2D eigenvalue weighted by Gasteiger charge is 2.35. The summed E-state index contributed by atoms with van der Waals surface area (Å²) < 4.78 is 9.41. The second-order valence-corrected chi connectivity index (χ2v) is 7.33. The molecule has 1 saturated heterocycles. The van der Waals surface area contributed by atoms with Crippen LogP contribution < -0.4 is 0 Å². The summed E-state index contributed by atoms with van der Waals surface area (Å²) in [5.41, 5.74) is 3.13. The van der Waals surface area contributed by atoms with Gasteiger partial charge in [-0.1, -0.05) is 5.21 Å². The van der Waals surface area contributed by atoms with Crippen molar-refractivity contribution in [2.24, 2.45) is 7.05 Å². The number of hydrogen-bond acceptors (Lipinski definition) is 6. The van der Waals surface area contributed by atoms with E-state index in [1.54, 1.807) is 11.8 Å². The van der Waals surface area contributed by atoms with Crippen molar-refractivity contribution in [3.63, 3.8) is 0 Å². The van der Waals surface area contributed by atoms with Crippen molar-refractivity contribution in [1.82, 2.24) is 34.7 Å². The molecule has 1 aliphatic rings. The van der Waals surface area contributed by atoms with Crippen LogP contribution in [0.1, 0.15) is 37.1 Å². The zero-order valence-electron chi connectivity index (χ0n) is 15.7. The van der Waals surface area contributed by atoms with Gasteiger partial charge >= 0.3 is 0 Å². The number of ether oxygens (including phenoxy) is 1. The molecule has 0 bridgehead atoms. The van der Waals surface area contributed by atoms with Gasteiger partial charge in [-0.2, -0.15) is 5.10 Å². The Morgan fingerprint density at radius 2 is 2.12 bits per heavy atom. The molecule has 8 heteroatoms. The van der Waals surface area contributed by atoms with Gasteiger partial charge < -0.3 is 4.74 Å². The molecule has 0 amide bonds. The van der Waals surface area contributed by atoms with Gasteiger partial charge in [-0.3, -0.25) is 9.58 Å². The number of methoxy groups -OCH3 is 1. The van der Waals surface area contributed by atoms with Gasteiger partial charge in [0.05, 0.1) is 18.0 Å². The maximum Gasteiger partial charge on any atom is 0.157 e. The highest BCUT2D eigenvalue weighted by atomic mass is 16.5. The van der Waals surface area contributed by atoms with Gasteiger partial charge in [-0.05, 0) is 25.5 Å². The van der Waals surface area contributed by atoms with Gasteiger partial charge in [-0.25, -0.2) is 9.67 Å². The first-order valence-corrected chi connectivity index (χ1v) is 8.98. The van der Waals surface area contributed by atoms with E-state index in [0.717, 1.165) is 36.4 Å². The zero-order chi connectivity index (χ0) is 18.3. The lowest BCUT2D eigenvalue weighted by molar-refractivity contribution is 0.0957. The summed E-state index contributed by atoms with van der Waals surface area (Å²) in [4.78, 5) is 7.03. The van der Waals surface area contributed by atoms with Crippen LogP contribution in [0.25, 0.3) is 11.0 Å². The Hall–Kier alpha value is -2.32. The molecule has 0 saturated carbocycles. The summed E-state index contributed by atoms with van der Waals surface area (Å²) in [6, 6.07) is 2.49. The normalized spacial score (nSPS) is 21.3. The van der Waals surface area contributed by atoms with E-state index in [1.807, 2.05) is 30.3 Å². The highest BCUT2D eigenvalue weighted by Crippen LogP contribution is 2.29. The lowest BCUT2D eigenvalue weighted by atomic mass is 10.0. The van der Waals surface area contributed by atoms with Crippen molar-refractivity contribution in [1.29, 1.82) is 0 Å². The molecule has 0 N–H and O–H groups in total. The minimum absolute atomic E-state index is 0.132. The Morgan fingerprint density at radius 1 is 1.27 bits per heavy atom. The molecule has 1 aliphatic heterocycles. The third-order valence-corrected chi connectivity index (χ3v) is 5.03. The number of likely N-dealkylation sites (tertiary alicyclic amines) is 1. The quantitative estimate of drug-likeness (QED) is 0.694.